The van der Waals surface area contributed by atoms with E-state index in [4.69, 9.17) is 11.6 Å². The number of non-ortho nitro benzene ring substituents is 2. The van der Waals surface area contributed by atoms with E-state index in [2.05, 4.69) is 19.6 Å². The van der Waals surface area contributed by atoms with Crippen molar-refractivity contribution in [2.24, 2.45) is 5.92 Å². The predicted molar refractivity (Wildman–Crippen MR) is 131 cm³/mol. The zero-order valence-corrected chi connectivity index (χ0v) is 20.0. The number of carbonyl (C=O) groups is 1. The van der Waals surface area contributed by atoms with E-state index < -0.39 is 27.1 Å². The van der Waals surface area contributed by atoms with E-state index in [0.29, 0.717) is 18.0 Å². The number of nitro benzene ring substituents is 2. The highest BCUT2D eigenvalue weighted by atomic mass is 35.5. The van der Waals surface area contributed by atoms with Gasteiger partial charge in [-0.05, 0) is 36.5 Å². The second-order valence-electron chi connectivity index (χ2n) is 8.19. The van der Waals surface area contributed by atoms with E-state index in [9.17, 15) is 25.0 Å². The molecule has 1 aromatic heterocycles. The lowest BCUT2D eigenvalue weighted by molar-refractivity contribution is -0.394. The molecule has 0 unspecified atom stereocenters. The maximum atomic E-state index is 12.5. The summed E-state index contributed by atoms with van der Waals surface area (Å²) in [4.78, 5) is 39.9. The first-order chi connectivity index (χ1) is 16.8. The van der Waals surface area contributed by atoms with Gasteiger partial charge in [-0.2, -0.15) is 4.37 Å². The molecule has 1 amide bonds. The van der Waals surface area contributed by atoms with Crippen LogP contribution in [0.25, 0.3) is 0 Å². The maximum absolute atomic E-state index is 12.5. The molecule has 0 radical (unpaired) electrons. The Hall–Kier alpha value is -3.64. The van der Waals surface area contributed by atoms with Crippen molar-refractivity contribution in [2.75, 3.05) is 24.5 Å². The van der Waals surface area contributed by atoms with Gasteiger partial charge in [0.15, 0.2) is 0 Å². The third-order valence-electron chi connectivity index (χ3n) is 5.76. The molecule has 0 atom stereocenters. The van der Waals surface area contributed by atoms with Crippen molar-refractivity contribution in [1.82, 2.24) is 14.7 Å². The first kappa shape index (κ1) is 24.5. The van der Waals surface area contributed by atoms with Gasteiger partial charge in [-0.15, -0.1) is 0 Å². The Balaban J connectivity index is 1.29. The van der Waals surface area contributed by atoms with Gasteiger partial charge in [0.1, 0.15) is 5.82 Å². The summed E-state index contributed by atoms with van der Waals surface area (Å²) in [6, 6.07) is 10.5. The smallest absolute Gasteiger partial charge is 0.277 e. The van der Waals surface area contributed by atoms with Crippen LogP contribution in [-0.4, -0.2) is 44.7 Å². The number of benzene rings is 2. The van der Waals surface area contributed by atoms with Crippen molar-refractivity contribution >= 4 is 45.5 Å². The van der Waals surface area contributed by atoms with E-state index in [1.807, 2.05) is 24.3 Å². The molecule has 1 saturated heterocycles. The van der Waals surface area contributed by atoms with Crippen molar-refractivity contribution in [3.05, 3.63) is 84.7 Å². The average Bonchev–Trinajstić information content (AvgIpc) is 3.32. The minimum atomic E-state index is -0.756. The molecule has 13 heteroatoms. The topological polar surface area (TPSA) is 144 Å². The molecule has 1 aliphatic rings. The largest absolute Gasteiger partial charge is 0.352 e. The molecule has 1 fully saturated rings. The molecule has 2 heterocycles. The Bertz CT molecular complexity index is 1210. The third-order valence-corrected chi connectivity index (χ3v) is 6.82. The molecule has 2 aromatic carbocycles. The zero-order valence-electron chi connectivity index (χ0n) is 18.4. The number of carbonyl (C=O) groups excluding carboxylic acids is 1. The number of nitro groups is 2. The summed E-state index contributed by atoms with van der Waals surface area (Å²) in [5.74, 6) is 0.397. The van der Waals surface area contributed by atoms with E-state index in [-0.39, 0.29) is 11.5 Å². The number of nitrogens with zero attached hydrogens (tertiary/aromatic N) is 5. The lowest BCUT2D eigenvalue weighted by Crippen LogP contribution is -2.38. The maximum Gasteiger partial charge on any atom is 0.277 e. The summed E-state index contributed by atoms with van der Waals surface area (Å²) < 4.78 is 4.46. The van der Waals surface area contributed by atoms with Crippen molar-refractivity contribution in [2.45, 2.75) is 19.3 Å². The third kappa shape index (κ3) is 6.28. The number of anilines is 1. The highest BCUT2D eigenvalue weighted by Gasteiger charge is 2.24. The number of amides is 1. The van der Waals surface area contributed by atoms with Crippen LogP contribution in [0.1, 0.15) is 34.6 Å². The van der Waals surface area contributed by atoms with Gasteiger partial charge in [-0.25, -0.2) is 4.98 Å². The number of nitrogens with one attached hydrogen (secondary N) is 1. The number of hydrogen-bond donors (Lipinski definition) is 1. The summed E-state index contributed by atoms with van der Waals surface area (Å²) in [7, 11) is 0. The minimum Gasteiger partial charge on any atom is -0.352 e. The molecule has 1 N–H and O–H groups in total. The average molecular weight is 517 g/mol. The molecular formula is C22H21ClN6O5S. The van der Waals surface area contributed by atoms with Gasteiger partial charge < -0.3 is 10.2 Å². The zero-order chi connectivity index (χ0) is 24.9. The van der Waals surface area contributed by atoms with Crippen LogP contribution in [0.2, 0.25) is 5.02 Å². The predicted octanol–water partition coefficient (Wildman–Crippen LogP) is 4.25. The normalized spacial score (nSPS) is 14.0. The Morgan fingerprint density at radius 2 is 1.71 bits per heavy atom. The quantitative estimate of drug-likeness (QED) is 0.345. The molecule has 1 aliphatic heterocycles. The van der Waals surface area contributed by atoms with Crippen LogP contribution in [0.15, 0.2) is 42.5 Å². The van der Waals surface area contributed by atoms with Gasteiger partial charge >= 0.3 is 0 Å². The Labute approximate surface area is 209 Å². The van der Waals surface area contributed by atoms with Crippen LogP contribution in [0.3, 0.4) is 0 Å². The Morgan fingerprint density at radius 3 is 2.31 bits per heavy atom. The van der Waals surface area contributed by atoms with Crippen LogP contribution in [0.4, 0.5) is 16.5 Å². The van der Waals surface area contributed by atoms with Crippen LogP contribution in [0, 0.1) is 26.1 Å². The van der Waals surface area contributed by atoms with Gasteiger partial charge in [-0.3, -0.25) is 25.0 Å². The van der Waals surface area contributed by atoms with Gasteiger partial charge in [0.05, 0.1) is 21.5 Å². The molecule has 182 valence electrons. The molecule has 11 nitrogen and oxygen atoms in total. The van der Waals surface area contributed by atoms with Crippen molar-refractivity contribution in [1.29, 1.82) is 0 Å². The van der Waals surface area contributed by atoms with Crippen LogP contribution in [0.5, 0.6) is 0 Å². The van der Waals surface area contributed by atoms with Gasteiger partial charge in [0.2, 0.25) is 5.13 Å². The molecule has 0 bridgehead atoms. The fraction of sp³-hybridized carbons (Fsp3) is 0.318. The second kappa shape index (κ2) is 10.7. The fourth-order valence-corrected chi connectivity index (χ4v) is 4.70. The van der Waals surface area contributed by atoms with Crippen molar-refractivity contribution in [3.63, 3.8) is 0 Å². The number of piperidine rings is 1. The van der Waals surface area contributed by atoms with E-state index >= 15 is 0 Å². The lowest BCUT2D eigenvalue weighted by atomic mass is 9.97. The highest BCUT2D eigenvalue weighted by molar-refractivity contribution is 7.09. The summed E-state index contributed by atoms with van der Waals surface area (Å²) in [6.45, 7) is 1.90. The second-order valence-corrected chi connectivity index (χ2v) is 9.36. The van der Waals surface area contributed by atoms with E-state index in [1.54, 1.807) is 0 Å². The summed E-state index contributed by atoms with van der Waals surface area (Å²) >= 11 is 7.29. The molecule has 0 saturated carbocycles. The summed E-state index contributed by atoms with van der Waals surface area (Å²) in [5, 5.41) is 26.4. The highest BCUT2D eigenvalue weighted by Crippen LogP contribution is 2.26. The van der Waals surface area contributed by atoms with Crippen LogP contribution >= 0.6 is 23.1 Å². The van der Waals surface area contributed by atoms with E-state index in [1.165, 1.54) is 11.5 Å². The molecular weight excluding hydrogens is 496 g/mol. The van der Waals surface area contributed by atoms with Crippen molar-refractivity contribution < 1.29 is 14.6 Å². The minimum absolute atomic E-state index is 0.106. The first-order valence-corrected chi connectivity index (χ1v) is 12.0. The number of rotatable bonds is 8. The molecule has 4 rings (SSSR count). The molecule has 3 aromatic rings. The number of halogens is 1. The van der Waals surface area contributed by atoms with Crippen molar-refractivity contribution in [3.8, 4) is 0 Å². The Kier molecular flexibility index (Phi) is 7.51. The van der Waals surface area contributed by atoms with Gasteiger partial charge in [0, 0.05) is 54.7 Å². The van der Waals surface area contributed by atoms with Gasteiger partial charge in [-0.1, -0.05) is 23.7 Å². The lowest BCUT2D eigenvalue weighted by Gasteiger charge is -2.31. The standard InChI is InChI=1S/C22H21ClN6O5S/c23-17-3-1-14(2-4-17)9-20-25-22(35-26-20)27-7-5-15(6-8-27)13-24-21(30)16-10-18(28(31)32)12-19(11-16)29(33)34/h1-4,10-12,15H,5-9,13H2,(H,24,30). The number of hydrogen-bond acceptors (Lipinski definition) is 9. The Morgan fingerprint density at radius 1 is 1.09 bits per heavy atom. The van der Waals surface area contributed by atoms with E-state index in [0.717, 1.165) is 60.6 Å². The first-order valence-electron chi connectivity index (χ1n) is 10.8. The summed E-state index contributed by atoms with van der Waals surface area (Å²) in [5.41, 5.74) is -0.0111. The van der Waals surface area contributed by atoms with Crippen LogP contribution in [-0.2, 0) is 6.42 Å². The SMILES string of the molecule is O=C(NCC1CCN(c2nc(Cc3ccc(Cl)cc3)ns2)CC1)c1cc([N+](=O)[O-])cc([N+](=O)[O-])c1. The fourth-order valence-electron chi connectivity index (χ4n) is 3.83. The molecule has 35 heavy (non-hydrogen) atoms. The van der Waals surface area contributed by atoms with Crippen LogP contribution < -0.4 is 10.2 Å². The monoisotopic (exact) mass is 516 g/mol. The summed E-state index contributed by atoms with van der Waals surface area (Å²) in [6.07, 6.45) is 2.27. The molecule has 0 aliphatic carbocycles. The number of aromatic nitrogens is 2. The molecule has 0 spiro atoms. The van der Waals surface area contributed by atoms with Gasteiger partial charge in [0.25, 0.3) is 17.3 Å².